The highest BCUT2D eigenvalue weighted by atomic mass is 32.2. The summed E-state index contributed by atoms with van der Waals surface area (Å²) in [6, 6.07) is 7.65. The number of nitrogens with one attached hydrogen (secondary N) is 1. The van der Waals surface area contributed by atoms with Crippen molar-refractivity contribution < 1.29 is 4.79 Å². The summed E-state index contributed by atoms with van der Waals surface area (Å²) in [7, 11) is 0. The van der Waals surface area contributed by atoms with E-state index >= 15 is 0 Å². The molecule has 0 aromatic carbocycles. The third-order valence-electron chi connectivity index (χ3n) is 2.42. The number of nitrogens with zero attached hydrogens (tertiary/aromatic N) is 3. The van der Waals surface area contributed by atoms with E-state index in [0.29, 0.717) is 5.75 Å². The summed E-state index contributed by atoms with van der Waals surface area (Å²) in [6.45, 7) is 4.04. The zero-order valence-electron chi connectivity index (χ0n) is 10.9. The highest BCUT2D eigenvalue weighted by Crippen LogP contribution is 2.16. The third kappa shape index (κ3) is 3.82. The molecule has 2 aromatic heterocycles. The van der Waals surface area contributed by atoms with E-state index in [-0.39, 0.29) is 11.9 Å². The van der Waals surface area contributed by atoms with Crippen LogP contribution in [-0.2, 0) is 4.79 Å². The molecule has 2 rings (SSSR count). The van der Waals surface area contributed by atoms with Crippen LogP contribution in [0.3, 0.4) is 0 Å². The van der Waals surface area contributed by atoms with Crippen LogP contribution in [-0.4, -0.2) is 26.4 Å². The quantitative estimate of drug-likeness (QED) is 0.853. The molecule has 0 saturated carbocycles. The van der Waals surface area contributed by atoms with Gasteiger partial charge in [0.25, 0.3) is 0 Å². The third-order valence-corrected chi connectivity index (χ3v) is 3.36. The van der Waals surface area contributed by atoms with Gasteiger partial charge in [-0.25, -0.2) is 9.67 Å². The van der Waals surface area contributed by atoms with Gasteiger partial charge in [0.05, 0.1) is 17.0 Å². The second-order valence-electron chi connectivity index (χ2n) is 4.26. The van der Waals surface area contributed by atoms with Crippen molar-refractivity contribution in [2.75, 3.05) is 11.1 Å². The molecule has 100 valence electrons. The Labute approximate surface area is 116 Å². The topological polar surface area (TPSA) is 59.8 Å². The fourth-order valence-electron chi connectivity index (χ4n) is 1.58. The summed E-state index contributed by atoms with van der Waals surface area (Å²) in [5, 5.41) is 7.87. The van der Waals surface area contributed by atoms with Crippen LogP contribution in [0.5, 0.6) is 0 Å². The van der Waals surface area contributed by atoms with Crippen molar-refractivity contribution in [2.24, 2.45) is 0 Å². The summed E-state index contributed by atoms with van der Waals surface area (Å²) in [4.78, 5) is 16.0. The number of carbonyl (C=O) groups is 1. The molecule has 0 aliphatic carbocycles. The molecule has 1 N–H and O–H groups in total. The van der Waals surface area contributed by atoms with E-state index in [0.717, 1.165) is 10.8 Å². The Kier molecular flexibility index (Phi) is 4.57. The lowest BCUT2D eigenvalue weighted by Gasteiger charge is -2.11. The zero-order chi connectivity index (χ0) is 13.7. The number of carbonyl (C=O) groups excluding carboxylic acids is 1. The lowest BCUT2D eigenvalue weighted by molar-refractivity contribution is -0.113. The monoisotopic (exact) mass is 276 g/mol. The normalized spacial score (nSPS) is 10.7. The van der Waals surface area contributed by atoms with E-state index in [9.17, 15) is 4.79 Å². The first kappa shape index (κ1) is 13.6. The van der Waals surface area contributed by atoms with Gasteiger partial charge in [-0.15, -0.1) is 0 Å². The Balaban J connectivity index is 1.89. The molecule has 0 aliphatic rings. The smallest absolute Gasteiger partial charge is 0.235 e. The van der Waals surface area contributed by atoms with E-state index in [1.54, 1.807) is 23.1 Å². The number of aromatic nitrogens is 3. The molecule has 2 heterocycles. The van der Waals surface area contributed by atoms with Crippen molar-refractivity contribution in [3.05, 3.63) is 36.7 Å². The second-order valence-corrected chi connectivity index (χ2v) is 5.26. The lowest BCUT2D eigenvalue weighted by atomic mass is 10.4. The van der Waals surface area contributed by atoms with Gasteiger partial charge in [0, 0.05) is 18.3 Å². The van der Waals surface area contributed by atoms with Crippen LogP contribution in [0.1, 0.15) is 19.9 Å². The summed E-state index contributed by atoms with van der Waals surface area (Å²) in [6.07, 6.45) is 3.40. The molecule has 5 nitrogen and oxygen atoms in total. The SMILES string of the molecule is CC(C)n1nccc1NC(=O)CSc1ccccn1. The molecule has 0 unspecified atom stereocenters. The van der Waals surface area contributed by atoms with Gasteiger partial charge >= 0.3 is 0 Å². The predicted molar refractivity (Wildman–Crippen MR) is 76.2 cm³/mol. The standard InChI is InChI=1S/C13H16N4OS/c1-10(2)17-11(6-8-15-17)16-12(18)9-19-13-5-3-4-7-14-13/h3-8,10H,9H2,1-2H3,(H,16,18). The van der Waals surface area contributed by atoms with Gasteiger partial charge in [0.1, 0.15) is 5.82 Å². The zero-order valence-corrected chi connectivity index (χ0v) is 11.7. The molecular weight excluding hydrogens is 260 g/mol. The minimum Gasteiger partial charge on any atom is -0.310 e. The number of amides is 1. The lowest BCUT2D eigenvalue weighted by Crippen LogP contribution is -2.18. The number of anilines is 1. The maximum absolute atomic E-state index is 11.9. The first-order valence-corrected chi connectivity index (χ1v) is 7.02. The highest BCUT2D eigenvalue weighted by Gasteiger charge is 2.09. The van der Waals surface area contributed by atoms with Gasteiger partial charge in [0.15, 0.2) is 0 Å². The molecule has 0 atom stereocenters. The Bertz CT molecular complexity index is 539. The Hall–Kier alpha value is -1.82. The fraction of sp³-hybridized carbons (Fsp3) is 0.308. The summed E-state index contributed by atoms with van der Waals surface area (Å²) in [5.74, 6) is 1.000. The highest BCUT2D eigenvalue weighted by molar-refractivity contribution is 7.99. The Morgan fingerprint density at radius 2 is 2.21 bits per heavy atom. The molecule has 0 saturated heterocycles. The maximum atomic E-state index is 11.9. The molecule has 2 aromatic rings. The molecule has 6 heteroatoms. The van der Waals surface area contributed by atoms with Crippen LogP contribution in [0.4, 0.5) is 5.82 Å². The number of thioether (sulfide) groups is 1. The molecule has 0 spiro atoms. The van der Waals surface area contributed by atoms with Gasteiger partial charge in [-0.2, -0.15) is 5.10 Å². The van der Waals surface area contributed by atoms with Crippen LogP contribution in [0.15, 0.2) is 41.7 Å². The average molecular weight is 276 g/mol. The summed E-state index contributed by atoms with van der Waals surface area (Å²) < 4.78 is 1.78. The first-order valence-electron chi connectivity index (χ1n) is 6.04. The molecule has 19 heavy (non-hydrogen) atoms. The van der Waals surface area contributed by atoms with E-state index in [2.05, 4.69) is 15.4 Å². The van der Waals surface area contributed by atoms with Gasteiger partial charge in [-0.3, -0.25) is 4.79 Å². The van der Waals surface area contributed by atoms with Gasteiger partial charge in [0.2, 0.25) is 5.91 Å². The minimum absolute atomic E-state index is 0.0574. The van der Waals surface area contributed by atoms with Crippen LogP contribution in [0.2, 0.25) is 0 Å². The fourth-order valence-corrected chi connectivity index (χ4v) is 2.24. The van der Waals surface area contributed by atoms with Crippen molar-refractivity contribution in [1.29, 1.82) is 0 Å². The van der Waals surface area contributed by atoms with E-state index < -0.39 is 0 Å². The number of hydrogen-bond acceptors (Lipinski definition) is 4. The van der Waals surface area contributed by atoms with Crippen LogP contribution < -0.4 is 5.32 Å². The van der Waals surface area contributed by atoms with Gasteiger partial charge in [-0.1, -0.05) is 17.8 Å². The van der Waals surface area contributed by atoms with Crippen LogP contribution in [0, 0.1) is 0 Å². The van der Waals surface area contributed by atoms with Crippen molar-refractivity contribution >= 4 is 23.5 Å². The van der Waals surface area contributed by atoms with E-state index in [1.165, 1.54) is 11.8 Å². The molecule has 0 fully saturated rings. The maximum Gasteiger partial charge on any atom is 0.235 e. The first-order chi connectivity index (χ1) is 9.16. The van der Waals surface area contributed by atoms with Crippen molar-refractivity contribution in [1.82, 2.24) is 14.8 Å². The van der Waals surface area contributed by atoms with Crippen molar-refractivity contribution in [3.8, 4) is 0 Å². The Morgan fingerprint density at radius 1 is 1.37 bits per heavy atom. The summed E-state index contributed by atoms with van der Waals surface area (Å²) >= 11 is 1.41. The summed E-state index contributed by atoms with van der Waals surface area (Å²) in [5.41, 5.74) is 0. The van der Waals surface area contributed by atoms with Gasteiger partial charge in [-0.05, 0) is 26.0 Å². The van der Waals surface area contributed by atoms with Gasteiger partial charge < -0.3 is 5.32 Å². The van der Waals surface area contributed by atoms with E-state index in [4.69, 9.17) is 0 Å². The van der Waals surface area contributed by atoms with Crippen LogP contribution in [0.25, 0.3) is 0 Å². The molecular formula is C13H16N4OS. The van der Waals surface area contributed by atoms with Crippen molar-refractivity contribution in [2.45, 2.75) is 24.9 Å². The van der Waals surface area contributed by atoms with Crippen LogP contribution >= 0.6 is 11.8 Å². The number of rotatable bonds is 5. The van der Waals surface area contributed by atoms with E-state index in [1.807, 2.05) is 32.0 Å². The largest absolute Gasteiger partial charge is 0.310 e. The van der Waals surface area contributed by atoms with Crippen molar-refractivity contribution in [3.63, 3.8) is 0 Å². The molecule has 1 amide bonds. The predicted octanol–water partition coefficient (Wildman–Crippen LogP) is 2.59. The number of pyridine rings is 1. The molecule has 0 bridgehead atoms. The average Bonchev–Trinajstić information content (AvgIpc) is 2.86. The molecule has 0 aliphatic heterocycles. The second kappa shape index (κ2) is 6.38. The number of hydrogen-bond donors (Lipinski definition) is 1. The molecule has 0 radical (unpaired) electrons. The Morgan fingerprint density at radius 3 is 2.89 bits per heavy atom. The minimum atomic E-state index is -0.0574.